The lowest BCUT2D eigenvalue weighted by molar-refractivity contribution is -0.151. The number of esters is 1. The topological polar surface area (TPSA) is 55.7 Å². The predicted molar refractivity (Wildman–Crippen MR) is 117 cm³/mol. The minimum Gasteiger partial charge on any atom is -0.462 e. The maximum atomic E-state index is 13.3. The number of aliphatic imine (C=N–C) groups is 1. The molecule has 0 saturated heterocycles. The smallest absolute Gasteiger partial charge is 0.315 e. The van der Waals surface area contributed by atoms with E-state index in [0.717, 1.165) is 53.5 Å². The zero-order valence-electron chi connectivity index (χ0n) is 17.3. The molecule has 1 aliphatic heterocycles. The van der Waals surface area contributed by atoms with Crippen molar-refractivity contribution in [3.05, 3.63) is 45.6 Å². The Hall–Kier alpha value is -1.75. The Bertz CT molecular complexity index is 908. The van der Waals surface area contributed by atoms with Crippen LogP contribution in [-0.2, 0) is 14.3 Å². The van der Waals surface area contributed by atoms with Gasteiger partial charge in [0.25, 0.3) is 0 Å². The molecule has 0 amide bonds. The first kappa shape index (κ1) is 20.5. The molecule has 4 nitrogen and oxygen atoms in total. The molecule has 29 heavy (non-hydrogen) atoms. The minimum absolute atomic E-state index is 0.00479. The SMILES string of the molecule is CC1=NC2=C(C(=O)CC(C)(C)C2)[C@@H](c2cccc(Br)c2)C1C(=O)OC1CCCC1. The molecule has 3 aliphatic rings. The Morgan fingerprint density at radius 3 is 2.62 bits per heavy atom. The van der Waals surface area contributed by atoms with Crippen LogP contribution in [0.3, 0.4) is 0 Å². The molecule has 2 atom stereocenters. The van der Waals surface area contributed by atoms with E-state index in [4.69, 9.17) is 9.73 Å². The Balaban J connectivity index is 1.78. The largest absolute Gasteiger partial charge is 0.462 e. The first-order valence-electron chi connectivity index (χ1n) is 10.5. The minimum atomic E-state index is -0.547. The fourth-order valence-corrected chi connectivity index (χ4v) is 5.47. The number of hydrogen-bond acceptors (Lipinski definition) is 4. The lowest BCUT2D eigenvalue weighted by Crippen LogP contribution is -2.40. The maximum Gasteiger partial charge on any atom is 0.315 e. The zero-order chi connectivity index (χ0) is 20.8. The lowest BCUT2D eigenvalue weighted by atomic mass is 9.67. The first-order valence-corrected chi connectivity index (χ1v) is 11.3. The number of rotatable bonds is 3. The normalized spacial score (nSPS) is 26.9. The van der Waals surface area contributed by atoms with Gasteiger partial charge in [-0.15, -0.1) is 0 Å². The molecule has 1 heterocycles. The first-order chi connectivity index (χ1) is 13.7. The van der Waals surface area contributed by atoms with Crippen molar-refractivity contribution in [2.45, 2.75) is 71.3 Å². The van der Waals surface area contributed by atoms with Crippen molar-refractivity contribution >= 4 is 33.4 Å². The molecular formula is C24H28BrNO3. The molecule has 1 saturated carbocycles. The van der Waals surface area contributed by atoms with Crippen LogP contribution in [0.25, 0.3) is 0 Å². The summed E-state index contributed by atoms with van der Waals surface area (Å²) in [7, 11) is 0. The van der Waals surface area contributed by atoms with Gasteiger partial charge in [-0.3, -0.25) is 14.6 Å². The molecule has 154 valence electrons. The summed E-state index contributed by atoms with van der Waals surface area (Å²) in [6.07, 6.45) is 5.29. The molecule has 0 N–H and O–H groups in total. The lowest BCUT2D eigenvalue weighted by Gasteiger charge is -2.39. The van der Waals surface area contributed by atoms with E-state index in [1.165, 1.54) is 0 Å². The highest BCUT2D eigenvalue weighted by molar-refractivity contribution is 9.10. The van der Waals surface area contributed by atoms with Crippen molar-refractivity contribution in [1.29, 1.82) is 0 Å². The van der Waals surface area contributed by atoms with Crippen LogP contribution in [0.1, 0.15) is 70.8 Å². The van der Waals surface area contributed by atoms with Crippen LogP contribution in [-0.4, -0.2) is 23.6 Å². The molecule has 0 radical (unpaired) electrons. The van der Waals surface area contributed by atoms with Gasteiger partial charge in [0.05, 0.1) is 0 Å². The maximum absolute atomic E-state index is 13.3. The molecule has 0 bridgehead atoms. The fourth-order valence-electron chi connectivity index (χ4n) is 5.05. The van der Waals surface area contributed by atoms with E-state index in [-0.39, 0.29) is 29.2 Å². The highest BCUT2D eigenvalue weighted by Gasteiger charge is 2.46. The van der Waals surface area contributed by atoms with Gasteiger partial charge in [-0.05, 0) is 62.1 Å². The van der Waals surface area contributed by atoms with Crippen molar-refractivity contribution in [1.82, 2.24) is 0 Å². The van der Waals surface area contributed by atoms with Crippen molar-refractivity contribution in [2.24, 2.45) is 16.3 Å². The number of allylic oxidation sites excluding steroid dienone is 2. The summed E-state index contributed by atoms with van der Waals surface area (Å²) in [5.41, 5.74) is 3.16. The van der Waals surface area contributed by atoms with Crippen LogP contribution in [0, 0.1) is 11.3 Å². The second-order valence-electron chi connectivity index (χ2n) is 9.41. The number of hydrogen-bond donors (Lipinski definition) is 0. The van der Waals surface area contributed by atoms with Gasteiger partial charge in [-0.25, -0.2) is 0 Å². The second-order valence-corrected chi connectivity index (χ2v) is 10.3. The summed E-state index contributed by atoms with van der Waals surface area (Å²) in [6.45, 7) is 6.11. The van der Waals surface area contributed by atoms with Crippen molar-refractivity contribution in [3.63, 3.8) is 0 Å². The number of halogens is 1. The fraction of sp³-hybridized carbons (Fsp3) is 0.542. The van der Waals surface area contributed by atoms with E-state index in [1.807, 2.05) is 31.2 Å². The molecule has 0 aromatic heterocycles. The van der Waals surface area contributed by atoms with E-state index < -0.39 is 5.92 Å². The molecule has 0 spiro atoms. The number of ether oxygens (including phenoxy) is 1. The van der Waals surface area contributed by atoms with Crippen LogP contribution in [0.5, 0.6) is 0 Å². The monoisotopic (exact) mass is 457 g/mol. The van der Waals surface area contributed by atoms with Gasteiger partial charge in [-0.1, -0.05) is 41.9 Å². The van der Waals surface area contributed by atoms with Crippen LogP contribution in [0.2, 0.25) is 0 Å². The number of carbonyl (C=O) groups excluding carboxylic acids is 2. The van der Waals surface area contributed by atoms with Crippen LogP contribution in [0.15, 0.2) is 45.0 Å². The van der Waals surface area contributed by atoms with Gasteiger partial charge in [-0.2, -0.15) is 0 Å². The van der Waals surface area contributed by atoms with E-state index in [9.17, 15) is 9.59 Å². The Morgan fingerprint density at radius 1 is 1.21 bits per heavy atom. The van der Waals surface area contributed by atoms with Gasteiger partial charge in [0.2, 0.25) is 0 Å². The molecule has 5 heteroatoms. The van der Waals surface area contributed by atoms with E-state index >= 15 is 0 Å². The van der Waals surface area contributed by atoms with Crippen molar-refractivity contribution in [2.75, 3.05) is 0 Å². The second kappa shape index (κ2) is 7.82. The molecule has 1 aromatic carbocycles. The van der Waals surface area contributed by atoms with Crippen LogP contribution in [0.4, 0.5) is 0 Å². The Labute approximate surface area is 180 Å². The molecule has 1 unspecified atom stereocenters. The summed E-state index contributed by atoms with van der Waals surface area (Å²) < 4.78 is 6.83. The highest BCUT2D eigenvalue weighted by Crippen LogP contribution is 2.48. The number of Topliss-reactive ketones (excluding diaryl/α,β-unsaturated/α-hetero) is 1. The quantitative estimate of drug-likeness (QED) is 0.542. The zero-order valence-corrected chi connectivity index (χ0v) is 18.9. The van der Waals surface area contributed by atoms with E-state index in [2.05, 4.69) is 29.8 Å². The van der Waals surface area contributed by atoms with Gasteiger partial charge in [0, 0.05) is 33.8 Å². The molecule has 1 fully saturated rings. The predicted octanol–water partition coefficient (Wildman–Crippen LogP) is 5.75. The third kappa shape index (κ3) is 4.11. The summed E-state index contributed by atoms with van der Waals surface area (Å²) in [4.78, 5) is 31.3. The third-order valence-corrected chi connectivity index (χ3v) is 6.84. The van der Waals surface area contributed by atoms with E-state index in [1.54, 1.807) is 0 Å². The molecule has 4 rings (SSSR count). The van der Waals surface area contributed by atoms with Gasteiger partial charge in [0.1, 0.15) is 12.0 Å². The van der Waals surface area contributed by atoms with Crippen molar-refractivity contribution in [3.8, 4) is 0 Å². The Morgan fingerprint density at radius 2 is 1.93 bits per heavy atom. The third-order valence-electron chi connectivity index (χ3n) is 6.35. The average molecular weight is 458 g/mol. The summed E-state index contributed by atoms with van der Waals surface area (Å²) in [6, 6.07) is 7.93. The van der Waals surface area contributed by atoms with Crippen LogP contribution >= 0.6 is 15.9 Å². The molecule has 1 aromatic rings. The molecular weight excluding hydrogens is 430 g/mol. The van der Waals surface area contributed by atoms with Crippen molar-refractivity contribution < 1.29 is 14.3 Å². The summed E-state index contributed by atoms with van der Waals surface area (Å²) in [5, 5.41) is 0. The molecule has 2 aliphatic carbocycles. The van der Waals surface area contributed by atoms with Gasteiger partial charge < -0.3 is 4.74 Å². The number of carbonyl (C=O) groups is 2. The Kier molecular flexibility index (Phi) is 5.54. The number of ketones is 1. The number of nitrogens with zero attached hydrogens (tertiary/aromatic N) is 1. The van der Waals surface area contributed by atoms with Gasteiger partial charge in [0.15, 0.2) is 5.78 Å². The summed E-state index contributed by atoms with van der Waals surface area (Å²) in [5.74, 6) is -1.02. The highest BCUT2D eigenvalue weighted by atomic mass is 79.9. The van der Waals surface area contributed by atoms with Crippen LogP contribution < -0.4 is 0 Å². The van der Waals surface area contributed by atoms with E-state index in [0.29, 0.717) is 12.0 Å². The summed E-state index contributed by atoms with van der Waals surface area (Å²) >= 11 is 3.55. The van der Waals surface area contributed by atoms with Gasteiger partial charge >= 0.3 is 5.97 Å². The average Bonchev–Trinajstić information content (AvgIpc) is 3.12. The number of benzene rings is 1. The standard InChI is InChI=1S/C24H28BrNO3/c1-14-20(23(28)29-17-9-4-5-10-17)21(15-7-6-8-16(25)11-15)22-18(26-14)12-24(2,3)13-19(22)27/h6-8,11,17,20-21H,4-5,9-10,12-13H2,1-3H3/t20?,21-/m0/s1.